The van der Waals surface area contributed by atoms with Crippen LogP contribution in [0.2, 0.25) is 0 Å². The van der Waals surface area contributed by atoms with Crippen LogP contribution in [0.15, 0.2) is 47.6 Å². The first-order valence-electron chi connectivity index (χ1n) is 11.4. The largest absolute Gasteiger partial charge is 0.493 e. The fraction of sp³-hybridized carbons (Fsp3) is 0.615. The molecular weight excluding hydrogens is 376 g/mol. The number of rotatable bonds is 6. The van der Waals surface area contributed by atoms with Crippen molar-refractivity contribution in [2.24, 2.45) is 5.92 Å². The zero-order valence-electron chi connectivity index (χ0n) is 18.7. The second-order valence-electron chi connectivity index (χ2n) is 9.75. The molecule has 30 heavy (non-hydrogen) atoms. The fourth-order valence-corrected chi connectivity index (χ4v) is 4.78. The minimum absolute atomic E-state index is 0.407. The summed E-state index contributed by atoms with van der Waals surface area (Å²) in [5.41, 5.74) is 3.09. The Balaban J connectivity index is 1.73. The van der Waals surface area contributed by atoms with Crippen LogP contribution in [0.1, 0.15) is 77.2 Å². The van der Waals surface area contributed by atoms with Crippen LogP contribution in [0.5, 0.6) is 5.75 Å². The maximum absolute atomic E-state index is 9.97. The van der Waals surface area contributed by atoms with E-state index in [1.807, 2.05) is 12.1 Å². The van der Waals surface area contributed by atoms with Gasteiger partial charge in [-0.05, 0) is 75.8 Å². The normalized spacial score (nSPS) is 29.1. The highest BCUT2D eigenvalue weighted by Gasteiger charge is 2.29. The molecule has 3 N–H and O–H groups in total. The van der Waals surface area contributed by atoms with Gasteiger partial charge in [0.05, 0.1) is 24.4 Å². The predicted octanol–water partition coefficient (Wildman–Crippen LogP) is 4.89. The highest BCUT2D eigenvalue weighted by Crippen LogP contribution is 2.44. The molecule has 4 heteroatoms. The Morgan fingerprint density at radius 1 is 1.10 bits per heavy atom. The lowest BCUT2D eigenvalue weighted by Gasteiger charge is -2.33. The molecule has 3 rings (SSSR count). The van der Waals surface area contributed by atoms with Crippen LogP contribution in [0.25, 0.3) is 0 Å². The lowest BCUT2D eigenvalue weighted by Crippen LogP contribution is -2.24. The van der Waals surface area contributed by atoms with Crippen LogP contribution >= 0.6 is 0 Å². The molecule has 0 unspecified atom stereocenters. The van der Waals surface area contributed by atoms with Crippen molar-refractivity contribution in [3.8, 4) is 5.75 Å². The Morgan fingerprint density at radius 2 is 1.80 bits per heavy atom. The van der Waals surface area contributed by atoms with Gasteiger partial charge >= 0.3 is 0 Å². The third-order valence-electron chi connectivity index (χ3n) is 6.53. The monoisotopic (exact) mass is 414 g/mol. The van der Waals surface area contributed by atoms with Gasteiger partial charge in [-0.15, -0.1) is 0 Å². The molecule has 1 aromatic carbocycles. The van der Waals surface area contributed by atoms with E-state index in [0.717, 1.165) is 30.6 Å². The molecule has 4 nitrogen and oxygen atoms in total. The first-order valence-corrected chi connectivity index (χ1v) is 11.4. The summed E-state index contributed by atoms with van der Waals surface area (Å²) in [6.45, 7) is 6.41. The lowest BCUT2D eigenvalue weighted by atomic mass is 9.73. The van der Waals surface area contributed by atoms with Gasteiger partial charge in [-0.3, -0.25) is 0 Å². The number of allylic oxidation sites excluding steroid dienone is 3. The SMILES string of the molecule is C[C@H]1/C(=C/C=C2C[C@@H](O)C[C@H](O)C2)CCC[C@@H]1c1ccccc1OCCC(C)(C)O. The smallest absolute Gasteiger partial charge is 0.122 e. The maximum atomic E-state index is 9.97. The summed E-state index contributed by atoms with van der Waals surface area (Å²) >= 11 is 0. The average molecular weight is 415 g/mol. The van der Waals surface area contributed by atoms with Crippen molar-refractivity contribution in [3.05, 3.63) is 53.1 Å². The zero-order chi connectivity index (χ0) is 21.7. The van der Waals surface area contributed by atoms with Gasteiger partial charge in [0.15, 0.2) is 0 Å². The Bertz CT molecular complexity index is 747. The Labute approximate surface area is 181 Å². The van der Waals surface area contributed by atoms with Gasteiger partial charge in [-0.2, -0.15) is 0 Å². The number of para-hydroxylation sites is 1. The second kappa shape index (κ2) is 10.1. The van der Waals surface area contributed by atoms with Crippen LogP contribution in [-0.4, -0.2) is 39.7 Å². The van der Waals surface area contributed by atoms with Gasteiger partial charge in [0.2, 0.25) is 0 Å². The van der Waals surface area contributed by atoms with Gasteiger partial charge in [0.25, 0.3) is 0 Å². The van der Waals surface area contributed by atoms with Crippen LogP contribution in [0.3, 0.4) is 0 Å². The molecule has 0 saturated heterocycles. The molecule has 2 aliphatic rings. The Hall–Kier alpha value is -1.62. The van der Waals surface area contributed by atoms with Crippen LogP contribution in [-0.2, 0) is 0 Å². The van der Waals surface area contributed by atoms with Crippen molar-refractivity contribution >= 4 is 0 Å². The molecule has 1 aromatic rings. The molecule has 2 aliphatic carbocycles. The third-order valence-corrected chi connectivity index (χ3v) is 6.53. The number of hydrogen-bond donors (Lipinski definition) is 3. The third kappa shape index (κ3) is 6.44. The molecule has 0 bridgehead atoms. The Kier molecular flexibility index (Phi) is 7.78. The molecule has 0 aromatic heterocycles. The van der Waals surface area contributed by atoms with E-state index < -0.39 is 17.8 Å². The van der Waals surface area contributed by atoms with Gasteiger partial charge in [0, 0.05) is 6.42 Å². The van der Waals surface area contributed by atoms with E-state index in [-0.39, 0.29) is 0 Å². The first-order chi connectivity index (χ1) is 14.2. The molecule has 0 radical (unpaired) electrons. The summed E-state index contributed by atoms with van der Waals surface area (Å²) in [6.07, 6.45) is 9.28. The highest BCUT2D eigenvalue weighted by molar-refractivity contribution is 5.39. The molecule has 0 spiro atoms. The van der Waals surface area contributed by atoms with E-state index in [1.54, 1.807) is 13.8 Å². The number of benzene rings is 1. The first kappa shape index (κ1) is 23.1. The van der Waals surface area contributed by atoms with Crippen molar-refractivity contribution < 1.29 is 20.1 Å². The lowest BCUT2D eigenvalue weighted by molar-refractivity contribution is 0.0550. The molecule has 0 heterocycles. The standard InChI is InChI=1S/C26H38O4/c1-18-20(12-11-19-15-21(27)17-22(28)16-19)7-6-9-23(18)24-8-4-5-10-25(24)30-14-13-26(2,3)29/h4-5,8,10-12,18,21-23,27-29H,6-7,9,13-17H2,1-3H3/b20-12+/t18-,21+,22+,23-/m0/s1. The summed E-state index contributed by atoms with van der Waals surface area (Å²) < 4.78 is 6.08. The predicted molar refractivity (Wildman–Crippen MR) is 121 cm³/mol. The van der Waals surface area contributed by atoms with Gasteiger partial charge in [0.1, 0.15) is 5.75 Å². The van der Waals surface area contributed by atoms with Crippen molar-refractivity contribution in [2.45, 2.75) is 89.4 Å². The van der Waals surface area contributed by atoms with E-state index >= 15 is 0 Å². The van der Waals surface area contributed by atoms with Crippen molar-refractivity contribution in [1.82, 2.24) is 0 Å². The van der Waals surface area contributed by atoms with Crippen molar-refractivity contribution in [3.63, 3.8) is 0 Å². The molecule has 4 atom stereocenters. The van der Waals surface area contributed by atoms with Gasteiger partial charge in [-0.1, -0.05) is 48.4 Å². The van der Waals surface area contributed by atoms with E-state index in [0.29, 0.717) is 44.1 Å². The molecule has 166 valence electrons. The molecule has 0 aliphatic heterocycles. The van der Waals surface area contributed by atoms with E-state index in [4.69, 9.17) is 4.74 Å². The van der Waals surface area contributed by atoms with Gasteiger partial charge in [-0.25, -0.2) is 0 Å². The molecule has 0 amide bonds. The zero-order valence-corrected chi connectivity index (χ0v) is 18.7. The maximum Gasteiger partial charge on any atom is 0.122 e. The number of aliphatic hydroxyl groups is 3. The summed E-state index contributed by atoms with van der Waals surface area (Å²) in [5, 5.41) is 29.8. The summed E-state index contributed by atoms with van der Waals surface area (Å²) in [7, 11) is 0. The van der Waals surface area contributed by atoms with Crippen molar-refractivity contribution in [1.29, 1.82) is 0 Å². The van der Waals surface area contributed by atoms with E-state index in [1.165, 1.54) is 11.1 Å². The number of ether oxygens (including phenoxy) is 1. The minimum Gasteiger partial charge on any atom is -0.493 e. The number of aliphatic hydroxyl groups excluding tert-OH is 2. The quantitative estimate of drug-likeness (QED) is 0.620. The van der Waals surface area contributed by atoms with Crippen molar-refractivity contribution in [2.75, 3.05) is 6.61 Å². The van der Waals surface area contributed by atoms with E-state index in [2.05, 4.69) is 31.2 Å². The fourth-order valence-electron chi connectivity index (χ4n) is 4.78. The summed E-state index contributed by atoms with van der Waals surface area (Å²) in [4.78, 5) is 0. The van der Waals surface area contributed by atoms with Crippen LogP contribution in [0.4, 0.5) is 0 Å². The molecule has 2 saturated carbocycles. The Morgan fingerprint density at radius 3 is 2.50 bits per heavy atom. The molecular formula is C26H38O4. The van der Waals surface area contributed by atoms with Crippen LogP contribution < -0.4 is 4.74 Å². The van der Waals surface area contributed by atoms with E-state index in [9.17, 15) is 15.3 Å². The van der Waals surface area contributed by atoms with Gasteiger partial charge < -0.3 is 20.1 Å². The summed E-state index contributed by atoms with van der Waals surface area (Å²) in [6, 6.07) is 8.31. The highest BCUT2D eigenvalue weighted by atomic mass is 16.5. The summed E-state index contributed by atoms with van der Waals surface area (Å²) in [5.74, 6) is 1.74. The number of hydrogen-bond acceptors (Lipinski definition) is 4. The molecule has 2 fully saturated rings. The van der Waals surface area contributed by atoms with Crippen LogP contribution in [0, 0.1) is 5.92 Å². The minimum atomic E-state index is -0.725. The average Bonchev–Trinajstić information content (AvgIpc) is 2.66. The topological polar surface area (TPSA) is 69.9 Å². The second-order valence-corrected chi connectivity index (χ2v) is 9.75.